The van der Waals surface area contributed by atoms with E-state index in [1.54, 1.807) is 36.0 Å². The summed E-state index contributed by atoms with van der Waals surface area (Å²) >= 11 is 0. The van der Waals surface area contributed by atoms with Gasteiger partial charge in [-0.2, -0.15) is 4.98 Å². The molecular formula is C25H29FN8O2. The molecule has 5 rings (SSSR count). The molecule has 4 heterocycles. The van der Waals surface area contributed by atoms with Crippen molar-refractivity contribution in [3.05, 3.63) is 54.9 Å². The average Bonchev–Trinajstić information content (AvgIpc) is 3.39. The quantitative estimate of drug-likeness (QED) is 0.382. The number of ether oxygens (including phenoxy) is 1. The van der Waals surface area contributed by atoms with Crippen LogP contribution in [0.1, 0.15) is 31.7 Å². The van der Waals surface area contributed by atoms with Gasteiger partial charge in [-0.15, -0.1) is 10.2 Å². The summed E-state index contributed by atoms with van der Waals surface area (Å²) in [6, 6.07) is 7.82. The van der Waals surface area contributed by atoms with Crippen LogP contribution in [0.2, 0.25) is 0 Å². The maximum atomic E-state index is 14.0. The molecule has 4 aromatic rings. The van der Waals surface area contributed by atoms with Crippen molar-refractivity contribution in [2.24, 2.45) is 0 Å². The summed E-state index contributed by atoms with van der Waals surface area (Å²) in [6.45, 7) is 5.99. The fourth-order valence-corrected chi connectivity index (χ4v) is 4.31. The fourth-order valence-electron chi connectivity index (χ4n) is 4.31. The molecule has 11 heteroatoms. The summed E-state index contributed by atoms with van der Waals surface area (Å²) < 4.78 is 21.9. The highest BCUT2D eigenvalue weighted by molar-refractivity contribution is 5.92. The molecule has 1 aliphatic heterocycles. The van der Waals surface area contributed by atoms with Crippen molar-refractivity contribution in [1.82, 2.24) is 29.7 Å². The number of halogens is 1. The maximum absolute atomic E-state index is 14.0. The number of rotatable bonds is 8. The topological polar surface area (TPSA) is 114 Å². The molecular weight excluding hydrogens is 463 g/mol. The van der Waals surface area contributed by atoms with E-state index in [0.717, 1.165) is 16.5 Å². The van der Waals surface area contributed by atoms with Crippen molar-refractivity contribution < 1.29 is 14.2 Å². The van der Waals surface area contributed by atoms with Crippen LogP contribution in [0.25, 0.3) is 10.8 Å². The van der Waals surface area contributed by atoms with Crippen molar-refractivity contribution in [1.29, 1.82) is 0 Å². The maximum Gasteiger partial charge on any atom is 0.227 e. The van der Waals surface area contributed by atoms with Crippen LogP contribution in [-0.2, 0) is 6.54 Å². The number of hydrogen-bond donors (Lipinski definition) is 2. The number of aliphatic hydroxyl groups is 1. The molecule has 0 aliphatic carbocycles. The fraction of sp³-hybridized carbons (Fsp3) is 0.400. The highest BCUT2D eigenvalue weighted by atomic mass is 19.1. The third kappa shape index (κ3) is 5.20. The Morgan fingerprint density at radius 2 is 1.97 bits per heavy atom. The zero-order chi connectivity index (χ0) is 25.1. The van der Waals surface area contributed by atoms with Crippen LogP contribution < -0.4 is 15.0 Å². The van der Waals surface area contributed by atoms with Gasteiger partial charge in [0.1, 0.15) is 42.8 Å². The van der Waals surface area contributed by atoms with Crippen LogP contribution in [-0.4, -0.2) is 66.8 Å². The Labute approximate surface area is 208 Å². The second-order valence-electron chi connectivity index (χ2n) is 9.16. The van der Waals surface area contributed by atoms with E-state index in [9.17, 15) is 9.50 Å². The Bertz CT molecular complexity index is 1320. The monoisotopic (exact) mass is 492 g/mol. The lowest BCUT2D eigenvalue weighted by molar-refractivity contribution is 0.0612. The van der Waals surface area contributed by atoms with Crippen LogP contribution in [0.3, 0.4) is 0 Å². The highest BCUT2D eigenvalue weighted by Crippen LogP contribution is 2.34. The van der Waals surface area contributed by atoms with E-state index < -0.39 is 12.3 Å². The van der Waals surface area contributed by atoms with Gasteiger partial charge < -0.3 is 24.6 Å². The third-order valence-corrected chi connectivity index (χ3v) is 6.28. The largest absolute Gasteiger partial charge is 0.491 e. The zero-order valence-electron chi connectivity index (χ0n) is 20.3. The number of hydrogen-bond acceptors (Lipinski definition) is 9. The second kappa shape index (κ2) is 10.4. The summed E-state index contributed by atoms with van der Waals surface area (Å²) in [7, 11) is 0. The van der Waals surface area contributed by atoms with Crippen LogP contribution >= 0.6 is 0 Å². The van der Waals surface area contributed by atoms with Crippen molar-refractivity contribution in [2.45, 2.75) is 45.0 Å². The molecule has 3 aromatic heterocycles. The SMILES string of the molecule is CC(C)c1ccc(OCCn2cnnc2)c2cnc(Nc3ccnc(N4CCC(O)C(F)C4)n3)cc12. The Balaban J connectivity index is 1.37. The molecule has 188 valence electrons. The molecule has 0 spiro atoms. The molecule has 0 amide bonds. The predicted octanol–water partition coefficient (Wildman–Crippen LogP) is 3.47. The Hall–Kier alpha value is -3.86. The molecule has 2 unspecified atom stereocenters. The van der Waals surface area contributed by atoms with Gasteiger partial charge in [-0.3, -0.25) is 0 Å². The number of pyridine rings is 1. The number of alkyl halides is 1. The number of nitrogens with one attached hydrogen (secondary N) is 1. The van der Waals surface area contributed by atoms with E-state index in [2.05, 4.69) is 50.4 Å². The lowest BCUT2D eigenvalue weighted by Crippen LogP contribution is -2.45. The number of fused-ring (bicyclic) bond motifs is 1. The van der Waals surface area contributed by atoms with Gasteiger partial charge in [0.25, 0.3) is 0 Å². The predicted molar refractivity (Wildman–Crippen MR) is 134 cm³/mol. The van der Waals surface area contributed by atoms with Gasteiger partial charge in [0.15, 0.2) is 0 Å². The number of aliphatic hydroxyl groups excluding tert-OH is 1. The first kappa shape index (κ1) is 23.9. The summed E-state index contributed by atoms with van der Waals surface area (Å²) in [5, 5.41) is 22.5. The van der Waals surface area contributed by atoms with Crippen LogP contribution in [0.15, 0.2) is 49.3 Å². The van der Waals surface area contributed by atoms with Crippen LogP contribution in [0.5, 0.6) is 5.75 Å². The molecule has 10 nitrogen and oxygen atoms in total. The molecule has 2 N–H and O–H groups in total. The molecule has 36 heavy (non-hydrogen) atoms. The molecule has 0 saturated carbocycles. The average molecular weight is 493 g/mol. The number of benzene rings is 1. The lowest BCUT2D eigenvalue weighted by Gasteiger charge is -2.32. The molecule has 1 aliphatic rings. The van der Waals surface area contributed by atoms with E-state index in [1.165, 1.54) is 5.56 Å². The van der Waals surface area contributed by atoms with Gasteiger partial charge in [0, 0.05) is 24.3 Å². The molecule has 1 saturated heterocycles. The van der Waals surface area contributed by atoms with Gasteiger partial charge in [0.2, 0.25) is 5.95 Å². The normalized spacial score (nSPS) is 18.1. The van der Waals surface area contributed by atoms with E-state index in [4.69, 9.17) is 4.74 Å². The molecule has 2 atom stereocenters. The van der Waals surface area contributed by atoms with Gasteiger partial charge in [-0.25, -0.2) is 14.4 Å². The zero-order valence-corrected chi connectivity index (χ0v) is 20.3. The van der Waals surface area contributed by atoms with E-state index in [-0.39, 0.29) is 6.54 Å². The first-order chi connectivity index (χ1) is 17.5. The molecule has 0 bridgehead atoms. The minimum absolute atomic E-state index is 0.0662. The molecule has 0 radical (unpaired) electrons. The Kier molecular flexibility index (Phi) is 6.90. The summed E-state index contributed by atoms with van der Waals surface area (Å²) in [4.78, 5) is 15.2. The number of piperidine rings is 1. The minimum atomic E-state index is -1.32. The van der Waals surface area contributed by atoms with Crippen LogP contribution in [0.4, 0.5) is 22.0 Å². The third-order valence-electron chi connectivity index (χ3n) is 6.28. The highest BCUT2D eigenvalue weighted by Gasteiger charge is 2.28. The second-order valence-corrected chi connectivity index (χ2v) is 9.16. The summed E-state index contributed by atoms with van der Waals surface area (Å²) in [6.07, 6.45) is 4.85. The minimum Gasteiger partial charge on any atom is -0.491 e. The first-order valence-electron chi connectivity index (χ1n) is 12.0. The van der Waals surface area contributed by atoms with E-state index >= 15 is 0 Å². The van der Waals surface area contributed by atoms with Crippen molar-refractivity contribution in [2.75, 3.05) is 29.9 Å². The number of aromatic nitrogens is 6. The van der Waals surface area contributed by atoms with Crippen molar-refractivity contribution in [3.8, 4) is 5.75 Å². The Morgan fingerprint density at radius 3 is 2.75 bits per heavy atom. The van der Waals surface area contributed by atoms with Gasteiger partial charge in [-0.1, -0.05) is 19.9 Å². The first-order valence-corrected chi connectivity index (χ1v) is 12.0. The van der Waals surface area contributed by atoms with Crippen molar-refractivity contribution >= 4 is 28.4 Å². The standard InChI is InChI=1S/C25H29FN8O2/c1-16(2)17-3-4-22(36-10-9-33-14-29-30-15-33)19-12-28-24(11-18(17)19)31-23-5-7-27-25(32-23)34-8-6-21(35)20(26)13-34/h3-5,7,11-12,14-16,20-21,35H,6,8-10,13H2,1-2H3,(H,27,28,31,32). The van der Waals surface area contributed by atoms with Gasteiger partial charge in [-0.05, 0) is 41.5 Å². The Morgan fingerprint density at radius 1 is 1.14 bits per heavy atom. The molecule has 1 fully saturated rings. The summed E-state index contributed by atoms with van der Waals surface area (Å²) in [5.41, 5.74) is 1.19. The van der Waals surface area contributed by atoms with Gasteiger partial charge in [0.05, 0.1) is 19.2 Å². The molecule has 1 aromatic carbocycles. The van der Waals surface area contributed by atoms with Crippen LogP contribution in [0, 0.1) is 0 Å². The summed E-state index contributed by atoms with van der Waals surface area (Å²) in [5.74, 6) is 2.68. The van der Waals surface area contributed by atoms with Gasteiger partial charge >= 0.3 is 0 Å². The number of nitrogens with zero attached hydrogens (tertiary/aromatic N) is 7. The van der Waals surface area contributed by atoms with E-state index in [0.29, 0.717) is 49.6 Å². The number of anilines is 3. The lowest BCUT2D eigenvalue weighted by atomic mass is 9.96. The smallest absolute Gasteiger partial charge is 0.227 e. The van der Waals surface area contributed by atoms with E-state index in [1.807, 2.05) is 16.7 Å². The van der Waals surface area contributed by atoms with Crippen molar-refractivity contribution in [3.63, 3.8) is 0 Å².